The fourth-order valence-electron chi connectivity index (χ4n) is 2.67. The quantitative estimate of drug-likeness (QED) is 0.719. The van der Waals surface area contributed by atoms with E-state index in [1.54, 1.807) is 17.8 Å². The van der Waals surface area contributed by atoms with Gasteiger partial charge in [-0.25, -0.2) is 0 Å². The second-order valence-electron chi connectivity index (χ2n) is 5.87. The predicted octanol–water partition coefficient (Wildman–Crippen LogP) is 2.78. The van der Waals surface area contributed by atoms with Crippen LogP contribution >= 0.6 is 24.2 Å². The molecule has 1 aromatic carbocycles. The minimum atomic E-state index is -4.72. The molecule has 2 rings (SSSR count). The molecule has 0 bridgehead atoms. The van der Waals surface area contributed by atoms with Gasteiger partial charge in [-0.3, -0.25) is 4.79 Å². The summed E-state index contributed by atoms with van der Waals surface area (Å²) in [5.74, 6) is 0.379. The Morgan fingerprint density at radius 2 is 2.23 bits per heavy atom. The fourth-order valence-corrected chi connectivity index (χ4v) is 3.16. The second kappa shape index (κ2) is 10.1. The number of thioether (sulfide) groups is 1. The van der Waals surface area contributed by atoms with E-state index in [4.69, 9.17) is 5.73 Å². The molecule has 10 heteroatoms. The zero-order valence-corrected chi connectivity index (χ0v) is 15.9. The molecule has 148 valence electrons. The van der Waals surface area contributed by atoms with Gasteiger partial charge in [0, 0.05) is 30.9 Å². The number of benzene rings is 1. The number of anilines is 1. The number of hydrogen-bond donors (Lipinski definition) is 2. The number of nitrogens with two attached hydrogens (primary N) is 1. The van der Waals surface area contributed by atoms with Crippen molar-refractivity contribution in [2.24, 2.45) is 5.73 Å². The average Bonchev–Trinajstić information content (AvgIpc) is 2.99. The van der Waals surface area contributed by atoms with Crippen molar-refractivity contribution in [3.63, 3.8) is 0 Å². The number of carbonyl (C=O) groups excluding carboxylic acids is 1. The lowest BCUT2D eigenvalue weighted by atomic mass is 10.2. The normalized spacial score (nSPS) is 18.2. The maximum absolute atomic E-state index is 12.3. The van der Waals surface area contributed by atoms with Crippen LogP contribution in [0.3, 0.4) is 0 Å². The highest BCUT2D eigenvalue weighted by atomic mass is 35.5. The van der Waals surface area contributed by atoms with Crippen LogP contribution in [0.5, 0.6) is 5.75 Å². The maximum atomic E-state index is 12.3. The van der Waals surface area contributed by atoms with Crippen molar-refractivity contribution in [2.75, 3.05) is 30.0 Å². The molecular formula is C16H23ClF3N3O2S. The van der Waals surface area contributed by atoms with Crippen LogP contribution in [0.2, 0.25) is 0 Å². The molecule has 1 aliphatic rings. The lowest BCUT2D eigenvalue weighted by Crippen LogP contribution is -2.46. The summed E-state index contributed by atoms with van der Waals surface area (Å²) in [6.07, 6.45) is -1.44. The Balaban J connectivity index is 0.00000338. The molecule has 0 aromatic heterocycles. The van der Waals surface area contributed by atoms with Crippen molar-refractivity contribution >= 4 is 35.8 Å². The molecule has 1 unspecified atom stereocenters. The Hall–Kier alpha value is -1.32. The van der Waals surface area contributed by atoms with Crippen LogP contribution in [0.1, 0.15) is 12.8 Å². The number of nitrogens with one attached hydrogen (secondary N) is 1. The average molecular weight is 414 g/mol. The van der Waals surface area contributed by atoms with Gasteiger partial charge >= 0.3 is 6.36 Å². The van der Waals surface area contributed by atoms with Crippen LogP contribution < -0.4 is 20.7 Å². The second-order valence-corrected chi connectivity index (χ2v) is 6.86. The Morgan fingerprint density at radius 1 is 1.50 bits per heavy atom. The summed E-state index contributed by atoms with van der Waals surface area (Å²) in [5.41, 5.74) is 6.47. The van der Waals surface area contributed by atoms with Crippen LogP contribution in [0.25, 0.3) is 0 Å². The fraction of sp³-hybridized carbons (Fsp3) is 0.562. The molecule has 3 N–H and O–H groups in total. The van der Waals surface area contributed by atoms with E-state index in [0.717, 1.165) is 5.75 Å². The number of alkyl halides is 3. The molecule has 0 radical (unpaired) electrons. The van der Waals surface area contributed by atoms with Crippen molar-refractivity contribution < 1.29 is 22.7 Å². The minimum absolute atomic E-state index is 0. The first kappa shape index (κ1) is 22.7. The van der Waals surface area contributed by atoms with Crippen LogP contribution in [0.4, 0.5) is 18.9 Å². The third-order valence-electron chi connectivity index (χ3n) is 3.92. The van der Waals surface area contributed by atoms with Gasteiger partial charge < -0.3 is 20.7 Å². The SMILES string of the molecule is CSCC[C@H](N)C(=O)NC1CCN(c2cccc(OC(F)(F)F)c2)C1.Cl. The number of ether oxygens (including phenoxy) is 1. The summed E-state index contributed by atoms with van der Waals surface area (Å²) in [4.78, 5) is 14.0. The highest BCUT2D eigenvalue weighted by Crippen LogP contribution is 2.28. The molecule has 0 spiro atoms. The molecule has 5 nitrogen and oxygen atoms in total. The van der Waals surface area contributed by atoms with Gasteiger partial charge in [0.2, 0.25) is 5.91 Å². The van der Waals surface area contributed by atoms with Crippen LogP contribution in [0, 0.1) is 0 Å². The van der Waals surface area contributed by atoms with E-state index < -0.39 is 12.4 Å². The highest BCUT2D eigenvalue weighted by Gasteiger charge is 2.31. The van der Waals surface area contributed by atoms with Crippen molar-refractivity contribution in [1.82, 2.24) is 5.32 Å². The number of amides is 1. The monoisotopic (exact) mass is 413 g/mol. The van der Waals surface area contributed by atoms with Crippen molar-refractivity contribution in [1.29, 1.82) is 0 Å². The Morgan fingerprint density at radius 3 is 2.88 bits per heavy atom. The number of carbonyl (C=O) groups is 1. The Labute approximate surface area is 161 Å². The zero-order chi connectivity index (χ0) is 18.4. The van der Waals surface area contributed by atoms with E-state index >= 15 is 0 Å². The highest BCUT2D eigenvalue weighted by molar-refractivity contribution is 7.98. The smallest absolute Gasteiger partial charge is 0.406 e. The van der Waals surface area contributed by atoms with E-state index in [0.29, 0.717) is 31.6 Å². The first-order valence-electron chi connectivity index (χ1n) is 7.94. The summed E-state index contributed by atoms with van der Waals surface area (Å²) < 4.78 is 40.9. The van der Waals surface area contributed by atoms with Gasteiger partial charge in [0.05, 0.1) is 6.04 Å². The van der Waals surface area contributed by atoms with Crippen molar-refractivity contribution in [2.45, 2.75) is 31.3 Å². The molecule has 1 amide bonds. The lowest BCUT2D eigenvalue weighted by molar-refractivity contribution is -0.274. The zero-order valence-electron chi connectivity index (χ0n) is 14.3. The molecule has 1 fully saturated rings. The molecule has 0 saturated carbocycles. The summed E-state index contributed by atoms with van der Waals surface area (Å²) >= 11 is 1.63. The van der Waals surface area contributed by atoms with Gasteiger partial charge in [-0.2, -0.15) is 11.8 Å². The topological polar surface area (TPSA) is 67.6 Å². The molecule has 26 heavy (non-hydrogen) atoms. The van der Waals surface area contributed by atoms with Gasteiger partial charge in [-0.05, 0) is 37.0 Å². The lowest BCUT2D eigenvalue weighted by Gasteiger charge is -2.21. The van der Waals surface area contributed by atoms with Gasteiger partial charge in [0.15, 0.2) is 0 Å². The number of halogens is 4. The van der Waals surface area contributed by atoms with Crippen LogP contribution in [0.15, 0.2) is 24.3 Å². The van der Waals surface area contributed by atoms with Crippen molar-refractivity contribution in [3.05, 3.63) is 24.3 Å². The summed E-state index contributed by atoms with van der Waals surface area (Å²) in [7, 11) is 0. The number of nitrogens with zero attached hydrogens (tertiary/aromatic N) is 1. The Kier molecular flexibility index (Phi) is 8.85. The standard InChI is InChI=1S/C16H22F3N3O2S.ClH/c1-25-8-6-14(20)15(23)21-11-5-7-22(10-11)12-3-2-4-13(9-12)24-16(17,18)19;/h2-4,9,11,14H,5-8,10,20H2,1H3,(H,21,23);1H/t11?,14-;/m0./s1. The first-order chi connectivity index (χ1) is 11.8. The van der Waals surface area contributed by atoms with E-state index in [-0.39, 0.29) is 30.1 Å². The van der Waals surface area contributed by atoms with E-state index in [2.05, 4.69) is 10.1 Å². The number of hydrogen-bond acceptors (Lipinski definition) is 5. The molecule has 2 atom stereocenters. The molecule has 1 aliphatic heterocycles. The summed E-state index contributed by atoms with van der Waals surface area (Å²) in [5, 5.41) is 2.91. The molecule has 0 aliphatic carbocycles. The van der Waals surface area contributed by atoms with Gasteiger partial charge in [-0.15, -0.1) is 25.6 Å². The van der Waals surface area contributed by atoms with Gasteiger partial charge in [0.1, 0.15) is 5.75 Å². The van der Waals surface area contributed by atoms with Crippen LogP contribution in [-0.4, -0.2) is 49.5 Å². The predicted molar refractivity (Wildman–Crippen MR) is 100 cm³/mol. The summed E-state index contributed by atoms with van der Waals surface area (Å²) in [6.45, 7) is 1.16. The van der Waals surface area contributed by atoms with E-state index in [9.17, 15) is 18.0 Å². The van der Waals surface area contributed by atoms with E-state index in [1.165, 1.54) is 18.2 Å². The minimum Gasteiger partial charge on any atom is -0.406 e. The third kappa shape index (κ3) is 7.13. The maximum Gasteiger partial charge on any atom is 0.573 e. The molecule has 1 aromatic rings. The third-order valence-corrected chi connectivity index (χ3v) is 4.56. The van der Waals surface area contributed by atoms with Crippen molar-refractivity contribution in [3.8, 4) is 5.75 Å². The van der Waals surface area contributed by atoms with Crippen LogP contribution in [-0.2, 0) is 4.79 Å². The summed E-state index contributed by atoms with van der Waals surface area (Å²) in [6, 6.07) is 5.24. The number of rotatable bonds is 7. The molecular weight excluding hydrogens is 391 g/mol. The van der Waals surface area contributed by atoms with Gasteiger partial charge in [-0.1, -0.05) is 6.07 Å². The van der Waals surface area contributed by atoms with Gasteiger partial charge in [0.25, 0.3) is 0 Å². The first-order valence-corrected chi connectivity index (χ1v) is 9.33. The Bertz CT molecular complexity index is 592. The van der Waals surface area contributed by atoms with E-state index in [1.807, 2.05) is 11.2 Å². The largest absolute Gasteiger partial charge is 0.573 e. The molecule has 1 saturated heterocycles. The molecule has 1 heterocycles.